The minimum atomic E-state index is -0.214. The van der Waals surface area contributed by atoms with Crippen molar-refractivity contribution in [1.82, 2.24) is 15.5 Å². The molecule has 0 unspecified atom stereocenters. The van der Waals surface area contributed by atoms with E-state index in [1.807, 2.05) is 27.7 Å². The molecule has 0 aliphatic rings. The molecule has 1 rings (SSSR count). The Hall–Kier alpha value is -1.52. The molecule has 0 aliphatic carbocycles. The van der Waals surface area contributed by atoms with Gasteiger partial charge in [-0.05, 0) is 11.8 Å². The lowest BCUT2D eigenvalue weighted by atomic mass is 10.1. The number of nitrogens with two attached hydrogens (primary N) is 1. The lowest BCUT2D eigenvalue weighted by Crippen LogP contribution is -2.28. The van der Waals surface area contributed by atoms with E-state index < -0.39 is 0 Å². The van der Waals surface area contributed by atoms with Crippen molar-refractivity contribution in [2.45, 2.75) is 33.6 Å². The lowest BCUT2D eigenvalue weighted by molar-refractivity contribution is 0.0945. The maximum Gasteiger partial charge on any atom is 0.273 e. The van der Waals surface area contributed by atoms with Crippen LogP contribution in [0.15, 0.2) is 0 Å². The van der Waals surface area contributed by atoms with Crippen LogP contribution in [-0.4, -0.2) is 22.6 Å². The Morgan fingerprint density at radius 2 is 2.06 bits per heavy atom. The van der Waals surface area contributed by atoms with Gasteiger partial charge in [-0.3, -0.25) is 9.89 Å². The van der Waals surface area contributed by atoms with Crippen LogP contribution in [0, 0.1) is 5.92 Å². The van der Waals surface area contributed by atoms with Gasteiger partial charge in [0.25, 0.3) is 5.91 Å². The Morgan fingerprint density at radius 3 is 2.50 bits per heavy atom. The van der Waals surface area contributed by atoms with Gasteiger partial charge in [0.1, 0.15) is 0 Å². The van der Waals surface area contributed by atoms with E-state index in [-0.39, 0.29) is 11.8 Å². The second-order valence-corrected chi connectivity index (χ2v) is 4.66. The number of hydrogen-bond donors (Lipinski definition) is 3. The molecule has 4 N–H and O–H groups in total. The van der Waals surface area contributed by atoms with Gasteiger partial charge in [-0.15, -0.1) is 0 Å². The highest BCUT2D eigenvalue weighted by atomic mass is 16.1. The SMILES string of the molecule is CC(C)CNC(=O)c1n[nH]c(C(C)C)c1N. The van der Waals surface area contributed by atoms with E-state index in [1.54, 1.807) is 0 Å². The summed E-state index contributed by atoms with van der Waals surface area (Å²) in [4.78, 5) is 11.7. The van der Waals surface area contributed by atoms with Crippen molar-refractivity contribution < 1.29 is 4.79 Å². The molecule has 0 saturated carbocycles. The number of carbonyl (C=O) groups excluding carboxylic acids is 1. The quantitative estimate of drug-likeness (QED) is 0.724. The summed E-state index contributed by atoms with van der Waals surface area (Å²) in [7, 11) is 0. The molecule has 0 fully saturated rings. The van der Waals surface area contributed by atoms with Gasteiger partial charge in [0.15, 0.2) is 5.69 Å². The minimum absolute atomic E-state index is 0.214. The number of carbonyl (C=O) groups is 1. The van der Waals surface area contributed by atoms with Gasteiger partial charge in [-0.25, -0.2) is 0 Å². The van der Waals surface area contributed by atoms with Crippen LogP contribution < -0.4 is 11.1 Å². The fourth-order valence-corrected chi connectivity index (χ4v) is 1.36. The third kappa shape index (κ3) is 2.74. The van der Waals surface area contributed by atoms with Gasteiger partial charge in [0.05, 0.1) is 11.4 Å². The molecule has 1 aromatic rings. The largest absolute Gasteiger partial charge is 0.395 e. The van der Waals surface area contributed by atoms with Crippen molar-refractivity contribution in [2.24, 2.45) is 5.92 Å². The average Bonchev–Trinajstić information content (AvgIpc) is 2.56. The Balaban J connectivity index is 2.77. The van der Waals surface area contributed by atoms with Crippen molar-refractivity contribution >= 4 is 11.6 Å². The topological polar surface area (TPSA) is 83.8 Å². The molecular weight excluding hydrogens is 204 g/mol. The molecule has 1 heterocycles. The zero-order valence-corrected chi connectivity index (χ0v) is 10.3. The van der Waals surface area contributed by atoms with Crippen LogP contribution in [0.4, 0.5) is 5.69 Å². The maximum atomic E-state index is 11.7. The van der Waals surface area contributed by atoms with Crippen LogP contribution in [0.3, 0.4) is 0 Å². The highest BCUT2D eigenvalue weighted by molar-refractivity contribution is 5.97. The van der Waals surface area contributed by atoms with E-state index in [0.717, 1.165) is 5.69 Å². The van der Waals surface area contributed by atoms with Crippen LogP contribution in [0.2, 0.25) is 0 Å². The average molecular weight is 224 g/mol. The summed E-state index contributed by atoms with van der Waals surface area (Å²) in [6, 6.07) is 0. The standard InChI is InChI=1S/C11H20N4O/c1-6(2)5-13-11(16)10-8(12)9(7(3)4)14-15-10/h6-7H,5,12H2,1-4H3,(H,13,16)(H,14,15). The first-order chi connectivity index (χ1) is 7.43. The highest BCUT2D eigenvalue weighted by Crippen LogP contribution is 2.21. The monoisotopic (exact) mass is 224 g/mol. The number of nitrogens with one attached hydrogen (secondary N) is 2. The minimum Gasteiger partial charge on any atom is -0.395 e. The number of nitrogens with zero attached hydrogens (tertiary/aromatic N) is 1. The van der Waals surface area contributed by atoms with E-state index in [9.17, 15) is 4.79 Å². The smallest absolute Gasteiger partial charge is 0.273 e. The number of amides is 1. The van der Waals surface area contributed by atoms with Gasteiger partial charge in [-0.1, -0.05) is 27.7 Å². The van der Waals surface area contributed by atoms with E-state index in [0.29, 0.717) is 23.8 Å². The molecule has 16 heavy (non-hydrogen) atoms. The van der Waals surface area contributed by atoms with Gasteiger partial charge in [0.2, 0.25) is 0 Å². The molecule has 1 aromatic heterocycles. The zero-order valence-electron chi connectivity index (χ0n) is 10.3. The van der Waals surface area contributed by atoms with Gasteiger partial charge in [0, 0.05) is 6.54 Å². The summed E-state index contributed by atoms with van der Waals surface area (Å²) < 4.78 is 0. The van der Waals surface area contributed by atoms with Crippen molar-refractivity contribution in [3.8, 4) is 0 Å². The van der Waals surface area contributed by atoms with E-state index in [4.69, 9.17) is 5.73 Å². The first kappa shape index (κ1) is 12.5. The van der Waals surface area contributed by atoms with Crippen molar-refractivity contribution in [2.75, 3.05) is 12.3 Å². The number of aromatic amines is 1. The second-order valence-electron chi connectivity index (χ2n) is 4.66. The Morgan fingerprint density at radius 1 is 1.44 bits per heavy atom. The van der Waals surface area contributed by atoms with E-state index in [1.165, 1.54) is 0 Å². The first-order valence-electron chi connectivity index (χ1n) is 5.55. The number of hydrogen-bond acceptors (Lipinski definition) is 3. The summed E-state index contributed by atoms with van der Waals surface area (Å²) in [5, 5.41) is 9.55. The molecule has 90 valence electrons. The van der Waals surface area contributed by atoms with Crippen LogP contribution in [0.1, 0.15) is 49.8 Å². The molecule has 5 nitrogen and oxygen atoms in total. The van der Waals surface area contributed by atoms with Crippen LogP contribution >= 0.6 is 0 Å². The number of H-pyrrole nitrogens is 1. The predicted molar refractivity (Wildman–Crippen MR) is 64.3 cm³/mol. The molecular formula is C11H20N4O. The molecule has 0 aliphatic heterocycles. The molecule has 0 bridgehead atoms. The number of nitrogen functional groups attached to an aromatic ring is 1. The summed E-state index contributed by atoms with van der Waals surface area (Å²) in [6.45, 7) is 8.70. The van der Waals surface area contributed by atoms with Crippen LogP contribution in [0.25, 0.3) is 0 Å². The van der Waals surface area contributed by atoms with E-state index >= 15 is 0 Å². The molecule has 0 spiro atoms. The summed E-state index contributed by atoms with van der Waals surface area (Å²) >= 11 is 0. The number of rotatable bonds is 4. The van der Waals surface area contributed by atoms with Gasteiger partial charge in [-0.2, -0.15) is 5.10 Å². The molecule has 0 saturated heterocycles. The van der Waals surface area contributed by atoms with Gasteiger partial charge < -0.3 is 11.1 Å². The Bertz CT molecular complexity index is 368. The molecule has 5 heteroatoms. The predicted octanol–water partition coefficient (Wildman–Crippen LogP) is 1.50. The number of aromatic nitrogens is 2. The first-order valence-corrected chi connectivity index (χ1v) is 5.55. The fourth-order valence-electron chi connectivity index (χ4n) is 1.36. The third-order valence-electron chi connectivity index (χ3n) is 2.30. The summed E-state index contributed by atoms with van der Waals surface area (Å²) in [6.07, 6.45) is 0. The van der Waals surface area contributed by atoms with Crippen molar-refractivity contribution in [1.29, 1.82) is 0 Å². The molecule has 0 aromatic carbocycles. The lowest BCUT2D eigenvalue weighted by Gasteiger charge is -2.06. The zero-order chi connectivity index (χ0) is 12.3. The molecule has 0 radical (unpaired) electrons. The molecule has 0 atom stereocenters. The third-order valence-corrected chi connectivity index (χ3v) is 2.30. The van der Waals surface area contributed by atoms with Crippen molar-refractivity contribution in [3.63, 3.8) is 0 Å². The van der Waals surface area contributed by atoms with Crippen molar-refractivity contribution in [3.05, 3.63) is 11.4 Å². The maximum absolute atomic E-state index is 11.7. The number of anilines is 1. The Labute approximate surface area is 95.8 Å². The molecule has 1 amide bonds. The Kier molecular flexibility index (Phi) is 3.93. The summed E-state index contributed by atoms with van der Waals surface area (Å²) in [5.41, 5.74) is 7.42. The fraction of sp³-hybridized carbons (Fsp3) is 0.636. The second kappa shape index (κ2) is 5.01. The normalized spacial score (nSPS) is 11.1. The van der Waals surface area contributed by atoms with Crippen LogP contribution in [0.5, 0.6) is 0 Å². The summed E-state index contributed by atoms with van der Waals surface area (Å²) in [5.74, 6) is 0.433. The van der Waals surface area contributed by atoms with E-state index in [2.05, 4.69) is 15.5 Å². The van der Waals surface area contributed by atoms with Gasteiger partial charge >= 0.3 is 0 Å². The van der Waals surface area contributed by atoms with Crippen LogP contribution in [-0.2, 0) is 0 Å². The highest BCUT2D eigenvalue weighted by Gasteiger charge is 2.18.